The third-order valence-corrected chi connectivity index (χ3v) is 5.54. The summed E-state index contributed by atoms with van der Waals surface area (Å²) < 4.78 is 40.3. The van der Waals surface area contributed by atoms with E-state index in [2.05, 4.69) is 5.10 Å². The number of rotatable bonds is 3. The van der Waals surface area contributed by atoms with E-state index in [1.54, 1.807) is 18.2 Å². The Hall–Kier alpha value is -1.44. The Morgan fingerprint density at radius 2 is 1.83 bits per heavy atom. The summed E-state index contributed by atoms with van der Waals surface area (Å²) in [6.07, 6.45) is -4.40. The lowest BCUT2D eigenvalue weighted by atomic mass is 10.3. The number of aromatic nitrogens is 2. The molecule has 0 aliphatic carbocycles. The lowest BCUT2D eigenvalue weighted by Gasteiger charge is -2.04. The van der Waals surface area contributed by atoms with Gasteiger partial charge in [0.25, 0.3) is 0 Å². The maximum Gasteiger partial charge on any atom is 0.433 e. The Balaban J connectivity index is 1.83. The fourth-order valence-electron chi connectivity index (χ4n) is 1.98. The smallest absolute Gasteiger partial charge is 0.263 e. The van der Waals surface area contributed by atoms with Gasteiger partial charge < -0.3 is 0 Å². The quantitative estimate of drug-likeness (QED) is 0.562. The van der Waals surface area contributed by atoms with Crippen molar-refractivity contribution in [2.45, 2.75) is 15.3 Å². The number of hydrogen-bond acceptors (Lipinski definition) is 3. The molecule has 1 aromatic carbocycles. The van der Waals surface area contributed by atoms with Crippen LogP contribution in [0.1, 0.15) is 5.69 Å². The van der Waals surface area contributed by atoms with Crippen molar-refractivity contribution in [3.63, 3.8) is 0 Å². The van der Waals surface area contributed by atoms with Crippen LogP contribution in [0.15, 0.2) is 51.6 Å². The molecule has 0 aliphatic heterocycles. The Morgan fingerprint density at radius 1 is 1.13 bits per heavy atom. The molecule has 0 radical (unpaired) electrons. The first kappa shape index (κ1) is 16.4. The molecule has 23 heavy (non-hydrogen) atoms. The summed E-state index contributed by atoms with van der Waals surface area (Å²) in [5.74, 6) is 0. The minimum absolute atomic E-state index is 0.327. The second kappa shape index (κ2) is 6.22. The van der Waals surface area contributed by atoms with Crippen molar-refractivity contribution in [2.75, 3.05) is 0 Å². The molecular weight excluding hydrogens is 365 g/mol. The van der Waals surface area contributed by atoms with Gasteiger partial charge in [0.1, 0.15) is 11.4 Å². The summed E-state index contributed by atoms with van der Waals surface area (Å²) in [6.45, 7) is 0. The molecule has 0 atom stereocenters. The van der Waals surface area contributed by atoms with E-state index in [0.29, 0.717) is 15.6 Å². The highest BCUT2D eigenvalue weighted by Gasteiger charge is 2.35. The van der Waals surface area contributed by atoms with Crippen LogP contribution in [-0.4, -0.2) is 9.78 Å². The van der Waals surface area contributed by atoms with Gasteiger partial charge >= 0.3 is 6.18 Å². The molecule has 0 aliphatic rings. The molecule has 0 N–H and O–H groups in total. The highest BCUT2D eigenvalue weighted by Crippen LogP contribution is 2.39. The van der Waals surface area contributed by atoms with Crippen LogP contribution >= 0.6 is 34.7 Å². The lowest BCUT2D eigenvalue weighted by molar-refractivity contribution is -0.143. The predicted octanol–water partition coefficient (Wildman–Crippen LogP) is 5.97. The second-order valence-corrected chi connectivity index (χ2v) is 7.60. The molecule has 2 heterocycles. The SMILES string of the molecule is Cn1nc(-c2ccc(Sc3ccc(Cl)cc3)s2)cc1C(F)(F)F. The number of nitrogens with zero attached hydrogens (tertiary/aromatic N) is 2. The zero-order valence-electron chi connectivity index (χ0n) is 11.8. The van der Waals surface area contributed by atoms with Crippen molar-refractivity contribution < 1.29 is 13.2 Å². The minimum Gasteiger partial charge on any atom is -0.263 e. The van der Waals surface area contributed by atoms with Gasteiger partial charge in [-0.25, -0.2) is 0 Å². The first-order valence-corrected chi connectivity index (χ1v) is 8.49. The molecule has 0 amide bonds. The lowest BCUT2D eigenvalue weighted by Crippen LogP contribution is -2.11. The molecule has 3 aromatic rings. The molecule has 2 aromatic heterocycles. The Morgan fingerprint density at radius 3 is 2.43 bits per heavy atom. The van der Waals surface area contributed by atoms with Gasteiger partial charge in [-0.2, -0.15) is 18.3 Å². The van der Waals surface area contributed by atoms with Crippen molar-refractivity contribution in [3.8, 4) is 10.6 Å². The first-order valence-electron chi connectivity index (χ1n) is 6.48. The third kappa shape index (κ3) is 3.73. The average molecular weight is 375 g/mol. The molecule has 3 rings (SSSR count). The van der Waals surface area contributed by atoms with E-state index < -0.39 is 11.9 Å². The molecule has 0 spiro atoms. The zero-order valence-corrected chi connectivity index (χ0v) is 14.2. The topological polar surface area (TPSA) is 17.8 Å². The van der Waals surface area contributed by atoms with E-state index in [1.807, 2.05) is 18.2 Å². The monoisotopic (exact) mass is 374 g/mol. The van der Waals surface area contributed by atoms with E-state index in [1.165, 1.54) is 30.1 Å². The van der Waals surface area contributed by atoms with Gasteiger partial charge in [-0.1, -0.05) is 23.4 Å². The largest absolute Gasteiger partial charge is 0.433 e. The third-order valence-electron chi connectivity index (χ3n) is 3.04. The first-order chi connectivity index (χ1) is 10.8. The minimum atomic E-state index is -4.40. The summed E-state index contributed by atoms with van der Waals surface area (Å²) in [5.41, 5.74) is -0.430. The standard InChI is InChI=1S/C15H10ClF3N2S2/c1-21-13(15(17,18)19)8-11(20-21)12-6-7-14(23-12)22-10-4-2-9(16)3-5-10/h2-8H,1H3. The van der Waals surface area contributed by atoms with Crippen molar-refractivity contribution in [1.29, 1.82) is 0 Å². The molecule has 2 nitrogen and oxygen atoms in total. The molecule has 0 saturated heterocycles. The van der Waals surface area contributed by atoms with Gasteiger partial charge in [-0.3, -0.25) is 4.68 Å². The molecule has 0 saturated carbocycles. The van der Waals surface area contributed by atoms with Crippen molar-refractivity contribution >= 4 is 34.7 Å². The van der Waals surface area contributed by atoms with Gasteiger partial charge in [0.05, 0.1) is 9.09 Å². The fourth-order valence-corrected chi connectivity index (χ4v) is 4.17. The summed E-state index contributed by atoms with van der Waals surface area (Å²) in [6, 6.07) is 12.1. The average Bonchev–Trinajstić information content (AvgIpc) is 3.07. The van der Waals surface area contributed by atoms with Gasteiger partial charge in [-0.05, 0) is 42.5 Å². The maximum atomic E-state index is 12.8. The van der Waals surface area contributed by atoms with E-state index in [-0.39, 0.29) is 0 Å². The summed E-state index contributed by atoms with van der Waals surface area (Å²) in [5, 5.41) is 4.62. The van der Waals surface area contributed by atoms with E-state index in [4.69, 9.17) is 11.6 Å². The van der Waals surface area contributed by atoms with Crippen LogP contribution in [-0.2, 0) is 13.2 Å². The second-order valence-electron chi connectivity index (χ2n) is 4.71. The van der Waals surface area contributed by atoms with Crippen molar-refractivity contribution in [3.05, 3.63) is 53.2 Å². The zero-order chi connectivity index (χ0) is 16.6. The normalized spacial score (nSPS) is 11.9. The van der Waals surface area contributed by atoms with Crippen LogP contribution in [0.3, 0.4) is 0 Å². The molecule has 120 valence electrons. The molecular formula is C15H10ClF3N2S2. The molecule has 0 fully saturated rings. The Labute approximate surface area is 143 Å². The van der Waals surface area contributed by atoms with Gasteiger partial charge in [0, 0.05) is 17.0 Å². The molecule has 0 bridgehead atoms. The highest BCUT2D eigenvalue weighted by atomic mass is 35.5. The van der Waals surface area contributed by atoms with Gasteiger partial charge in [0.2, 0.25) is 0 Å². The number of alkyl halides is 3. The summed E-state index contributed by atoms with van der Waals surface area (Å²) >= 11 is 8.78. The van der Waals surface area contributed by atoms with E-state index in [0.717, 1.165) is 19.9 Å². The van der Waals surface area contributed by atoms with E-state index >= 15 is 0 Å². The Kier molecular flexibility index (Phi) is 4.44. The Bertz CT molecular complexity index is 822. The van der Waals surface area contributed by atoms with Gasteiger partial charge in [-0.15, -0.1) is 11.3 Å². The number of benzene rings is 1. The van der Waals surface area contributed by atoms with Crippen LogP contribution in [0.25, 0.3) is 10.6 Å². The summed E-state index contributed by atoms with van der Waals surface area (Å²) in [7, 11) is 1.29. The maximum absolute atomic E-state index is 12.8. The van der Waals surface area contributed by atoms with Crippen LogP contribution in [0.2, 0.25) is 5.02 Å². The van der Waals surface area contributed by atoms with Crippen LogP contribution < -0.4 is 0 Å². The van der Waals surface area contributed by atoms with Gasteiger partial charge in [0.15, 0.2) is 0 Å². The predicted molar refractivity (Wildman–Crippen MR) is 87.1 cm³/mol. The van der Waals surface area contributed by atoms with Crippen LogP contribution in [0.5, 0.6) is 0 Å². The number of hydrogen-bond donors (Lipinski definition) is 0. The summed E-state index contributed by atoms with van der Waals surface area (Å²) in [4.78, 5) is 1.72. The van der Waals surface area contributed by atoms with E-state index in [9.17, 15) is 13.2 Å². The van der Waals surface area contributed by atoms with Crippen LogP contribution in [0, 0.1) is 0 Å². The fraction of sp³-hybridized carbons (Fsp3) is 0.133. The highest BCUT2D eigenvalue weighted by molar-refractivity contribution is 8.01. The molecule has 0 unspecified atom stereocenters. The van der Waals surface area contributed by atoms with Crippen molar-refractivity contribution in [2.24, 2.45) is 7.05 Å². The number of thiophene rings is 1. The van der Waals surface area contributed by atoms with Crippen LogP contribution in [0.4, 0.5) is 13.2 Å². The number of aryl methyl sites for hydroxylation is 1. The van der Waals surface area contributed by atoms with Crippen molar-refractivity contribution in [1.82, 2.24) is 9.78 Å². The molecule has 8 heteroatoms. The number of halogens is 4.